The molecular weight excluding hydrogens is 454 g/mol. The summed E-state index contributed by atoms with van der Waals surface area (Å²) < 4.78 is 11.5. The number of benzene rings is 1. The molecule has 3 aliphatic rings. The number of aromatic nitrogens is 2. The Morgan fingerprint density at radius 2 is 1.81 bits per heavy atom. The van der Waals surface area contributed by atoms with E-state index in [2.05, 4.69) is 43.1 Å². The zero-order chi connectivity index (χ0) is 26.5. The summed E-state index contributed by atoms with van der Waals surface area (Å²) >= 11 is 0. The molecule has 5 rings (SSSR count). The Kier molecular flexibility index (Phi) is 6.50. The van der Waals surface area contributed by atoms with Crippen molar-refractivity contribution in [1.29, 1.82) is 0 Å². The van der Waals surface area contributed by atoms with Gasteiger partial charge >= 0.3 is 5.69 Å². The highest BCUT2D eigenvalue weighted by Crippen LogP contribution is 2.31. The van der Waals surface area contributed by atoms with Crippen LogP contribution in [0.4, 0.5) is 0 Å². The summed E-state index contributed by atoms with van der Waals surface area (Å²) in [5.41, 5.74) is 2.70. The lowest BCUT2D eigenvalue weighted by molar-refractivity contribution is -0.135. The normalized spacial score (nSPS) is 27.9. The van der Waals surface area contributed by atoms with Crippen molar-refractivity contribution in [3.8, 4) is 0 Å². The third kappa shape index (κ3) is 4.90. The number of carbonyl (C=O) groups excluding carboxylic acids is 2. The molecule has 0 spiro atoms. The van der Waals surface area contributed by atoms with Crippen LogP contribution >= 0.6 is 0 Å². The molecule has 1 aromatic heterocycles. The smallest absolute Gasteiger partial charge is 0.313 e. The maximum absolute atomic E-state index is 13.0. The fourth-order valence-corrected chi connectivity index (χ4v) is 6.41. The predicted octanol–water partition coefficient (Wildman–Crippen LogP) is 2.74. The third-order valence-corrected chi connectivity index (χ3v) is 8.67. The van der Waals surface area contributed by atoms with E-state index in [1.165, 1.54) is 5.56 Å². The maximum atomic E-state index is 13.0. The highest BCUT2D eigenvalue weighted by Gasteiger charge is 2.34. The summed E-state index contributed by atoms with van der Waals surface area (Å²) in [5.74, 6) is -0.0692. The van der Waals surface area contributed by atoms with Crippen LogP contribution in [0.1, 0.15) is 70.9 Å². The molecule has 8 nitrogen and oxygen atoms in total. The molecule has 3 aliphatic heterocycles. The molecule has 2 amide bonds. The van der Waals surface area contributed by atoms with Gasteiger partial charge in [-0.25, -0.2) is 4.79 Å². The van der Waals surface area contributed by atoms with Gasteiger partial charge in [0.1, 0.15) is 7.45 Å². The highest BCUT2D eigenvalue weighted by molar-refractivity contribution is 6.00. The SMILES string of the molecule is [2H]N1CCC(N2CCC(Cc3ccc4c(c3)n(C)c(=O)n4C3CCC(=O)NC3=O)CC2)CC1C(C)(C)C. The average molecular weight is 497 g/mol. The number of piperidine rings is 3. The summed E-state index contributed by atoms with van der Waals surface area (Å²) in [6.45, 7) is 9.82. The lowest BCUT2D eigenvalue weighted by Gasteiger charge is -2.45. The van der Waals surface area contributed by atoms with E-state index < -0.39 is 11.9 Å². The second-order valence-corrected chi connectivity index (χ2v) is 12.2. The number of hydrogen-bond donors (Lipinski definition) is 2. The van der Waals surface area contributed by atoms with E-state index >= 15 is 0 Å². The van der Waals surface area contributed by atoms with Crippen LogP contribution in [0.25, 0.3) is 11.0 Å². The monoisotopic (exact) mass is 496 g/mol. The van der Waals surface area contributed by atoms with Crippen LogP contribution < -0.4 is 16.3 Å². The number of imidazole rings is 1. The standard InChI is InChI=1S/C28H41N5O3/c1-28(2,3)24-17-20(9-12-29-24)32-13-10-18(11-14-32)15-19-5-6-21-23(16-19)31(4)27(36)33(21)22-7-8-25(34)30-26(22)35/h5-6,16,18,20,22,24,29H,7-15,17H2,1-4H3,(H,30,34,35)/i/hD. The van der Waals surface area contributed by atoms with Gasteiger partial charge in [0.05, 0.1) is 11.0 Å². The number of nitrogens with one attached hydrogen (secondary N) is 2. The van der Waals surface area contributed by atoms with Gasteiger partial charge in [0, 0.05) is 25.6 Å². The summed E-state index contributed by atoms with van der Waals surface area (Å²) in [4.78, 5) is 39.7. The van der Waals surface area contributed by atoms with E-state index in [4.69, 9.17) is 1.41 Å². The van der Waals surface area contributed by atoms with Gasteiger partial charge in [-0.1, -0.05) is 26.8 Å². The van der Waals surface area contributed by atoms with E-state index in [-0.39, 0.29) is 23.4 Å². The van der Waals surface area contributed by atoms with E-state index in [9.17, 15) is 14.4 Å². The second-order valence-electron chi connectivity index (χ2n) is 12.2. The topological polar surface area (TPSA) is 88.4 Å². The van der Waals surface area contributed by atoms with Crippen LogP contribution in [-0.4, -0.2) is 57.6 Å². The second kappa shape index (κ2) is 9.78. The average Bonchev–Trinajstić information content (AvgIpc) is 3.09. The maximum Gasteiger partial charge on any atom is 0.329 e. The number of fused-ring (bicyclic) bond motifs is 1. The summed E-state index contributed by atoms with van der Waals surface area (Å²) in [6, 6.07) is 6.38. The number of likely N-dealkylation sites (tertiary alicyclic amines) is 1. The van der Waals surface area contributed by atoms with Gasteiger partial charge in [-0.05, 0) is 87.2 Å². The Morgan fingerprint density at radius 3 is 2.50 bits per heavy atom. The first kappa shape index (κ1) is 23.9. The van der Waals surface area contributed by atoms with Gasteiger partial charge in [-0.3, -0.25) is 24.0 Å². The fraction of sp³-hybridized carbons (Fsp3) is 0.679. The molecular formula is C28H41N5O3. The van der Waals surface area contributed by atoms with Gasteiger partial charge in [0.2, 0.25) is 11.8 Å². The first-order chi connectivity index (χ1) is 17.5. The number of amides is 2. The Balaban J connectivity index is 1.24. The summed E-state index contributed by atoms with van der Waals surface area (Å²) in [7, 11) is 1.75. The number of hydrogen-bond acceptors (Lipinski definition) is 5. The minimum atomic E-state index is -0.649. The predicted molar refractivity (Wildman–Crippen MR) is 141 cm³/mol. The molecule has 0 saturated carbocycles. The van der Waals surface area contributed by atoms with Gasteiger partial charge in [0.15, 0.2) is 0 Å². The molecule has 3 saturated heterocycles. The molecule has 1 aromatic carbocycles. The lowest BCUT2D eigenvalue weighted by Crippen LogP contribution is -2.53. The van der Waals surface area contributed by atoms with Gasteiger partial charge in [-0.15, -0.1) is 0 Å². The Morgan fingerprint density at radius 1 is 1.06 bits per heavy atom. The van der Waals surface area contributed by atoms with Crippen molar-refractivity contribution in [3.63, 3.8) is 0 Å². The van der Waals surface area contributed by atoms with Crippen molar-refractivity contribution < 1.29 is 11.0 Å². The zero-order valence-corrected chi connectivity index (χ0v) is 22.1. The van der Waals surface area contributed by atoms with Crippen LogP contribution in [-0.2, 0) is 23.1 Å². The van der Waals surface area contributed by atoms with E-state index in [1.54, 1.807) is 21.5 Å². The first-order valence-electron chi connectivity index (χ1n) is 14.0. The van der Waals surface area contributed by atoms with Crippen LogP contribution in [0, 0.1) is 11.3 Å². The molecule has 2 N–H and O–H groups in total. The molecule has 3 unspecified atom stereocenters. The molecule has 196 valence electrons. The fourth-order valence-electron chi connectivity index (χ4n) is 6.41. The Bertz CT molecular complexity index is 1240. The third-order valence-electron chi connectivity index (χ3n) is 8.67. The van der Waals surface area contributed by atoms with Gasteiger partial charge < -0.3 is 10.2 Å². The quantitative estimate of drug-likeness (QED) is 0.636. The summed E-state index contributed by atoms with van der Waals surface area (Å²) in [6.07, 6.45) is 6.06. The number of aryl methyl sites for hydroxylation is 1. The molecule has 3 atom stereocenters. The number of nitrogens with zero attached hydrogens (tertiary/aromatic N) is 3. The van der Waals surface area contributed by atoms with E-state index in [0.717, 1.165) is 62.8 Å². The Hall–Kier alpha value is -2.45. The van der Waals surface area contributed by atoms with E-state index in [0.29, 0.717) is 24.4 Å². The van der Waals surface area contributed by atoms with Crippen molar-refractivity contribution in [3.05, 3.63) is 34.2 Å². The minimum Gasteiger partial charge on any atom is -0.313 e. The minimum absolute atomic E-state index is 0.120. The first-order valence-corrected chi connectivity index (χ1v) is 13.6. The van der Waals surface area contributed by atoms with E-state index in [1.807, 2.05) is 6.07 Å². The number of rotatable bonds is 4. The van der Waals surface area contributed by atoms with Crippen molar-refractivity contribution >= 4 is 22.8 Å². The van der Waals surface area contributed by atoms with Crippen LogP contribution in [0.3, 0.4) is 0 Å². The molecule has 8 heteroatoms. The van der Waals surface area contributed by atoms with Crippen LogP contribution in [0.5, 0.6) is 0 Å². The molecule has 3 fully saturated rings. The number of imide groups is 1. The van der Waals surface area contributed by atoms with Crippen molar-refractivity contribution in [1.82, 2.24) is 24.7 Å². The van der Waals surface area contributed by atoms with Crippen molar-refractivity contribution in [2.75, 3.05) is 19.6 Å². The van der Waals surface area contributed by atoms with Gasteiger partial charge in [-0.2, -0.15) is 0 Å². The lowest BCUT2D eigenvalue weighted by atomic mass is 9.79. The number of carbonyl (C=O) groups is 2. The molecule has 4 heterocycles. The molecule has 2 aromatic rings. The van der Waals surface area contributed by atoms with Crippen LogP contribution in [0.2, 0.25) is 1.41 Å². The molecule has 0 aliphatic carbocycles. The molecule has 0 radical (unpaired) electrons. The molecule has 0 bridgehead atoms. The summed E-state index contributed by atoms with van der Waals surface area (Å²) in [5, 5.41) is 4.18. The highest BCUT2D eigenvalue weighted by atomic mass is 16.2. The molecule has 36 heavy (non-hydrogen) atoms. The zero-order valence-electron chi connectivity index (χ0n) is 23.1. The Labute approximate surface area is 214 Å². The van der Waals surface area contributed by atoms with Crippen LogP contribution in [0.15, 0.2) is 23.0 Å². The van der Waals surface area contributed by atoms with Crippen molar-refractivity contribution in [2.45, 2.75) is 83.8 Å². The van der Waals surface area contributed by atoms with Crippen molar-refractivity contribution in [2.24, 2.45) is 18.4 Å². The largest absolute Gasteiger partial charge is 0.329 e. The van der Waals surface area contributed by atoms with Gasteiger partial charge in [0.25, 0.3) is 0 Å².